The molecule has 0 aromatic rings. The lowest BCUT2D eigenvalue weighted by atomic mass is 10.2. The highest BCUT2D eigenvalue weighted by Gasteiger charge is 2.09. The first-order valence-electron chi connectivity index (χ1n) is 6.63. The predicted octanol–water partition coefficient (Wildman–Crippen LogP) is 3.07. The minimum absolute atomic E-state index is 0.398. The van der Waals surface area contributed by atoms with Gasteiger partial charge < -0.3 is 9.64 Å². The average molecular weight is 213 g/mol. The van der Waals surface area contributed by atoms with Crippen LogP contribution in [0.5, 0.6) is 0 Å². The monoisotopic (exact) mass is 213 g/mol. The Bertz CT molecular complexity index is 141. The molecular weight excluding hydrogens is 186 g/mol. The molecule has 15 heavy (non-hydrogen) atoms. The van der Waals surface area contributed by atoms with Crippen molar-refractivity contribution in [3.8, 4) is 0 Å². The Kier molecular flexibility index (Phi) is 7.03. The molecular formula is C13H27NO. The van der Waals surface area contributed by atoms with Crippen LogP contribution in [0.3, 0.4) is 0 Å². The Morgan fingerprint density at radius 1 is 1.00 bits per heavy atom. The van der Waals surface area contributed by atoms with Crippen molar-refractivity contribution in [1.82, 2.24) is 4.90 Å². The molecule has 1 saturated heterocycles. The molecule has 0 aromatic carbocycles. The quantitative estimate of drug-likeness (QED) is 0.575. The molecule has 1 rings (SSSR count). The molecule has 2 heteroatoms. The van der Waals surface area contributed by atoms with Gasteiger partial charge in [-0.1, -0.05) is 12.8 Å². The predicted molar refractivity (Wildman–Crippen MR) is 65.2 cm³/mol. The zero-order valence-corrected chi connectivity index (χ0v) is 10.5. The Hall–Kier alpha value is -0.0800. The van der Waals surface area contributed by atoms with E-state index in [2.05, 4.69) is 18.7 Å². The van der Waals surface area contributed by atoms with Gasteiger partial charge in [0.15, 0.2) is 0 Å². The Labute approximate surface area is 95.0 Å². The van der Waals surface area contributed by atoms with Crippen molar-refractivity contribution in [1.29, 1.82) is 0 Å². The van der Waals surface area contributed by atoms with E-state index in [1.807, 2.05) is 0 Å². The Morgan fingerprint density at radius 3 is 2.33 bits per heavy atom. The van der Waals surface area contributed by atoms with Crippen LogP contribution in [0, 0.1) is 0 Å². The molecule has 0 N–H and O–H groups in total. The van der Waals surface area contributed by atoms with E-state index in [0.29, 0.717) is 6.10 Å². The summed E-state index contributed by atoms with van der Waals surface area (Å²) in [6.45, 7) is 9.17. The highest BCUT2D eigenvalue weighted by Crippen LogP contribution is 2.09. The maximum absolute atomic E-state index is 5.51. The van der Waals surface area contributed by atoms with Gasteiger partial charge in [0.1, 0.15) is 0 Å². The second-order valence-corrected chi connectivity index (χ2v) is 4.88. The van der Waals surface area contributed by atoms with Crippen molar-refractivity contribution in [3.05, 3.63) is 0 Å². The van der Waals surface area contributed by atoms with Crippen LogP contribution >= 0.6 is 0 Å². The summed E-state index contributed by atoms with van der Waals surface area (Å²) in [6, 6.07) is 0. The van der Waals surface area contributed by atoms with Gasteiger partial charge in [0.2, 0.25) is 0 Å². The van der Waals surface area contributed by atoms with Crippen LogP contribution in [0.1, 0.15) is 52.4 Å². The van der Waals surface area contributed by atoms with Crippen LogP contribution in [-0.2, 0) is 4.74 Å². The topological polar surface area (TPSA) is 12.5 Å². The fraction of sp³-hybridized carbons (Fsp3) is 1.00. The summed E-state index contributed by atoms with van der Waals surface area (Å²) in [6.07, 6.45) is 8.55. The van der Waals surface area contributed by atoms with Crippen molar-refractivity contribution >= 4 is 0 Å². The molecule has 90 valence electrons. The number of rotatable bonds is 8. The first kappa shape index (κ1) is 13.0. The lowest BCUT2D eigenvalue weighted by molar-refractivity contribution is 0.0756. The van der Waals surface area contributed by atoms with Gasteiger partial charge in [-0.25, -0.2) is 0 Å². The minimum atomic E-state index is 0.398. The first-order valence-corrected chi connectivity index (χ1v) is 6.63. The van der Waals surface area contributed by atoms with E-state index < -0.39 is 0 Å². The normalized spacial score (nSPS) is 17.8. The third kappa shape index (κ3) is 6.91. The van der Waals surface area contributed by atoms with Gasteiger partial charge in [0.05, 0.1) is 6.10 Å². The first-order chi connectivity index (χ1) is 7.29. The third-order valence-electron chi connectivity index (χ3n) is 3.02. The molecule has 1 aliphatic rings. The Morgan fingerprint density at radius 2 is 1.67 bits per heavy atom. The maximum atomic E-state index is 5.51. The van der Waals surface area contributed by atoms with Crippen molar-refractivity contribution in [2.24, 2.45) is 0 Å². The number of hydrogen-bond acceptors (Lipinski definition) is 2. The fourth-order valence-corrected chi connectivity index (χ4v) is 2.12. The zero-order valence-electron chi connectivity index (χ0n) is 10.5. The summed E-state index contributed by atoms with van der Waals surface area (Å²) < 4.78 is 5.51. The third-order valence-corrected chi connectivity index (χ3v) is 3.02. The second kappa shape index (κ2) is 8.12. The van der Waals surface area contributed by atoms with Crippen molar-refractivity contribution in [2.45, 2.75) is 58.5 Å². The van der Waals surface area contributed by atoms with E-state index in [4.69, 9.17) is 4.74 Å². The molecule has 0 spiro atoms. The molecule has 1 fully saturated rings. The molecule has 0 aliphatic carbocycles. The molecule has 0 bridgehead atoms. The van der Waals surface area contributed by atoms with Gasteiger partial charge in [-0.3, -0.25) is 0 Å². The molecule has 2 nitrogen and oxygen atoms in total. The van der Waals surface area contributed by atoms with Crippen LogP contribution < -0.4 is 0 Å². The fourth-order valence-electron chi connectivity index (χ4n) is 2.12. The van der Waals surface area contributed by atoms with Crippen LogP contribution in [0.25, 0.3) is 0 Å². The summed E-state index contributed by atoms with van der Waals surface area (Å²) in [5.41, 5.74) is 0. The number of likely N-dealkylation sites (tertiary alicyclic amines) is 1. The minimum Gasteiger partial charge on any atom is -0.379 e. The summed E-state index contributed by atoms with van der Waals surface area (Å²) in [5.74, 6) is 0. The van der Waals surface area contributed by atoms with Gasteiger partial charge in [0, 0.05) is 6.61 Å². The summed E-state index contributed by atoms with van der Waals surface area (Å²) >= 11 is 0. The molecule has 0 aromatic heterocycles. The lowest BCUT2D eigenvalue weighted by Crippen LogP contribution is -2.20. The summed E-state index contributed by atoms with van der Waals surface area (Å²) in [5, 5.41) is 0. The van der Waals surface area contributed by atoms with Crippen LogP contribution in [0.4, 0.5) is 0 Å². The smallest absolute Gasteiger partial charge is 0.0518 e. The molecule has 0 saturated carbocycles. The number of nitrogens with zero attached hydrogens (tertiary/aromatic N) is 1. The van der Waals surface area contributed by atoms with Gasteiger partial charge in [0.25, 0.3) is 0 Å². The molecule has 1 aliphatic heterocycles. The largest absolute Gasteiger partial charge is 0.379 e. The molecule has 0 amide bonds. The number of hydrogen-bond donors (Lipinski definition) is 0. The van der Waals surface area contributed by atoms with Crippen molar-refractivity contribution < 1.29 is 4.74 Å². The van der Waals surface area contributed by atoms with E-state index in [9.17, 15) is 0 Å². The average Bonchev–Trinajstić information content (AvgIpc) is 2.68. The highest BCUT2D eigenvalue weighted by molar-refractivity contribution is 4.65. The second-order valence-electron chi connectivity index (χ2n) is 4.88. The SMILES string of the molecule is CC(C)OCCCCCCN1CCCC1. The van der Waals surface area contributed by atoms with Gasteiger partial charge in [-0.2, -0.15) is 0 Å². The van der Waals surface area contributed by atoms with E-state index >= 15 is 0 Å². The Balaban J connectivity index is 1.76. The van der Waals surface area contributed by atoms with E-state index in [1.165, 1.54) is 58.2 Å². The number of unbranched alkanes of at least 4 members (excludes halogenated alkanes) is 3. The maximum Gasteiger partial charge on any atom is 0.0518 e. The van der Waals surface area contributed by atoms with Crippen LogP contribution in [0.2, 0.25) is 0 Å². The van der Waals surface area contributed by atoms with E-state index in [0.717, 1.165) is 6.61 Å². The van der Waals surface area contributed by atoms with Crippen molar-refractivity contribution in [2.75, 3.05) is 26.2 Å². The lowest BCUT2D eigenvalue weighted by Gasteiger charge is -2.13. The van der Waals surface area contributed by atoms with E-state index in [-0.39, 0.29) is 0 Å². The van der Waals surface area contributed by atoms with E-state index in [1.54, 1.807) is 0 Å². The molecule has 0 atom stereocenters. The summed E-state index contributed by atoms with van der Waals surface area (Å²) in [4.78, 5) is 2.60. The van der Waals surface area contributed by atoms with Crippen LogP contribution in [0.15, 0.2) is 0 Å². The number of ether oxygens (including phenoxy) is 1. The van der Waals surface area contributed by atoms with Crippen molar-refractivity contribution in [3.63, 3.8) is 0 Å². The highest BCUT2D eigenvalue weighted by atomic mass is 16.5. The molecule has 0 unspecified atom stereocenters. The molecule has 0 radical (unpaired) electrons. The van der Waals surface area contributed by atoms with Gasteiger partial charge >= 0.3 is 0 Å². The van der Waals surface area contributed by atoms with Crippen LogP contribution in [-0.4, -0.2) is 37.2 Å². The standard InChI is InChI=1S/C13H27NO/c1-13(2)15-12-8-4-3-5-9-14-10-6-7-11-14/h13H,3-12H2,1-2H3. The zero-order chi connectivity index (χ0) is 10.9. The molecule has 1 heterocycles. The van der Waals surface area contributed by atoms with Gasteiger partial charge in [-0.15, -0.1) is 0 Å². The van der Waals surface area contributed by atoms with Gasteiger partial charge in [-0.05, 0) is 59.2 Å². The summed E-state index contributed by atoms with van der Waals surface area (Å²) in [7, 11) is 0.